The Morgan fingerprint density at radius 2 is 1.45 bits per heavy atom. The van der Waals surface area contributed by atoms with Gasteiger partial charge in [-0.2, -0.15) is 0 Å². The summed E-state index contributed by atoms with van der Waals surface area (Å²) in [5.41, 5.74) is 2.96. The van der Waals surface area contributed by atoms with Crippen molar-refractivity contribution in [3.8, 4) is 22.8 Å². The van der Waals surface area contributed by atoms with Gasteiger partial charge in [0.15, 0.2) is 11.5 Å². The topological polar surface area (TPSA) is 89.7 Å². The number of benzene rings is 2. The molecule has 7 nitrogen and oxygen atoms in total. The Kier molecular flexibility index (Phi) is 6.81. The Hall–Kier alpha value is -3.74. The first-order valence-corrected chi connectivity index (χ1v) is 10.7. The Bertz CT molecular complexity index is 1150. The van der Waals surface area contributed by atoms with E-state index >= 15 is 0 Å². The number of aromatic nitrogens is 1. The summed E-state index contributed by atoms with van der Waals surface area (Å²) in [5, 5.41) is 0. The van der Waals surface area contributed by atoms with E-state index in [1.807, 2.05) is 24.3 Å². The van der Waals surface area contributed by atoms with Crippen molar-refractivity contribution in [1.82, 2.24) is 4.98 Å². The molecular weight excluding hydrogens is 420 g/mol. The molecule has 2 amide bonds. The van der Waals surface area contributed by atoms with Crippen LogP contribution in [0.4, 0.5) is 5.69 Å². The second-order valence-corrected chi connectivity index (χ2v) is 8.66. The van der Waals surface area contributed by atoms with E-state index in [9.17, 15) is 14.4 Å². The van der Waals surface area contributed by atoms with Crippen molar-refractivity contribution in [3.63, 3.8) is 0 Å². The van der Waals surface area contributed by atoms with Crippen molar-refractivity contribution in [1.29, 1.82) is 0 Å². The van der Waals surface area contributed by atoms with Gasteiger partial charge in [-0.05, 0) is 54.3 Å². The maximum atomic E-state index is 12.6. The molecule has 0 bridgehead atoms. The van der Waals surface area contributed by atoms with Crippen LogP contribution in [0.1, 0.15) is 57.6 Å². The monoisotopic (exact) mass is 448 g/mol. The number of hydrogen-bond donors (Lipinski definition) is 0. The highest BCUT2D eigenvalue weighted by Crippen LogP contribution is 2.33. The van der Waals surface area contributed by atoms with E-state index < -0.39 is 5.97 Å². The zero-order chi connectivity index (χ0) is 24.3. The van der Waals surface area contributed by atoms with Crippen LogP contribution >= 0.6 is 0 Å². The number of esters is 1. The van der Waals surface area contributed by atoms with E-state index in [0.717, 1.165) is 10.5 Å². The lowest BCUT2D eigenvalue weighted by Crippen LogP contribution is -2.32. The molecule has 33 heavy (non-hydrogen) atoms. The number of anilines is 1. The zero-order valence-corrected chi connectivity index (χ0v) is 19.8. The minimum atomic E-state index is -0.591. The minimum absolute atomic E-state index is 0.00570. The molecule has 0 saturated carbocycles. The molecule has 0 atom stereocenters. The molecule has 0 aliphatic rings. The third-order valence-electron chi connectivity index (χ3n) is 5.11. The summed E-state index contributed by atoms with van der Waals surface area (Å²) >= 11 is 0. The van der Waals surface area contributed by atoms with Gasteiger partial charge in [0.1, 0.15) is 0 Å². The first-order chi connectivity index (χ1) is 15.5. The Morgan fingerprint density at radius 1 is 0.909 bits per heavy atom. The lowest BCUT2D eigenvalue weighted by Gasteiger charge is -2.18. The zero-order valence-electron chi connectivity index (χ0n) is 19.8. The first kappa shape index (κ1) is 23.9. The molecule has 172 valence electrons. The molecule has 2 aromatic carbocycles. The summed E-state index contributed by atoms with van der Waals surface area (Å²) < 4.78 is 11.2. The average Bonchev–Trinajstić information content (AvgIpc) is 3.19. The molecule has 1 aromatic heterocycles. The van der Waals surface area contributed by atoms with Gasteiger partial charge >= 0.3 is 5.97 Å². The van der Waals surface area contributed by atoms with Crippen LogP contribution < -0.4 is 4.90 Å². The van der Waals surface area contributed by atoms with E-state index in [2.05, 4.69) is 25.8 Å². The molecule has 0 unspecified atom stereocenters. The van der Waals surface area contributed by atoms with Gasteiger partial charge in [-0.15, -0.1) is 0 Å². The molecule has 7 heteroatoms. The highest BCUT2D eigenvalue weighted by atomic mass is 16.5. The largest absolute Gasteiger partial charge is 0.461 e. The highest BCUT2D eigenvalue weighted by Gasteiger charge is 2.24. The molecule has 0 N–H and O–H groups in total. The van der Waals surface area contributed by atoms with E-state index in [1.54, 1.807) is 31.2 Å². The van der Waals surface area contributed by atoms with E-state index in [0.29, 0.717) is 17.1 Å². The fraction of sp³-hybridized carbons (Fsp3) is 0.308. The summed E-state index contributed by atoms with van der Waals surface area (Å²) in [6.45, 7) is 11.0. The first-order valence-electron chi connectivity index (χ1n) is 10.7. The predicted molar refractivity (Wildman–Crippen MR) is 126 cm³/mol. The molecule has 0 aliphatic carbocycles. The van der Waals surface area contributed by atoms with Gasteiger partial charge in [-0.1, -0.05) is 32.9 Å². The standard InChI is InChI=1S/C26H28N2O5/c1-7-32-25(31)22-23(18-10-14-21(15-11-18)28(16(2)29)17(3)30)33-24(27-22)19-8-12-20(13-9-19)26(4,5)6/h8-15H,7H2,1-6H3. The molecule has 1 heterocycles. The minimum Gasteiger partial charge on any atom is -0.461 e. The Morgan fingerprint density at radius 3 is 1.94 bits per heavy atom. The van der Waals surface area contributed by atoms with Gasteiger partial charge in [0.25, 0.3) is 0 Å². The van der Waals surface area contributed by atoms with Crippen LogP contribution in [0.25, 0.3) is 22.8 Å². The quantitative estimate of drug-likeness (QED) is 0.487. The SMILES string of the molecule is CCOC(=O)c1nc(-c2ccc(C(C)(C)C)cc2)oc1-c1ccc(N(C(C)=O)C(C)=O)cc1. The predicted octanol–water partition coefficient (Wildman–Crippen LogP) is 5.38. The number of nitrogens with zero attached hydrogens (tertiary/aromatic N) is 2. The maximum Gasteiger partial charge on any atom is 0.361 e. The van der Waals surface area contributed by atoms with Gasteiger partial charge < -0.3 is 9.15 Å². The van der Waals surface area contributed by atoms with E-state index in [4.69, 9.17) is 9.15 Å². The van der Waals surface area contributed by atoms with Crippen molar-refractivity contribution < 1.29 is 23.5 Å². The number of oxazole rings is 1. The third-order valence-corrected chi connectivity index (χ3v) is 5.11. The summed E-state index contributed by atoms with van der Waals surface area (Å²) in [5.74, 6) is -0.808. The second-order valence-electron chi connectivity index (χ2n) is 8.66. The van der Waals surface area contributed by atoms with E-state index in [-0.39, 0.29) is 35.3 Å². The Balaban J connectivity index is 2.04. The summed E-state index contributed by atoms with van der Waals surface area (Å²) in [4.78, 5) is 41.7. The van der Waals surface area contributed by atoms with Crippen molar-refractivity contribution in [2.75, 3.05) is 11.5 Å². The van der Waals surface area contributed by atoms with Gasteiger partial charge in [0.05, 0.1) is 12.3 Å². The molecule has 0 spiro atoms. The highest BCUT2D eigenvalue weighted by molar-refractivity contribution is 6.13. The molecular formula is C26H28N2O5. The number of carbonyl (C=O) groups excluding carboxylic acids is 3. The van der Waals surface area contributed by atoms with Gasteiger partial charge in [0, 0.05) is 25.0 Å². The average molecular weight is 449 g/mol. The van der Waals surface area contributed by atoms with Crippen molar-refractivity contribution >= 4 is 23.5 Å². The van der Waals surface area contributed by atoms with Crippen LogP contribution in [0, 0.1) is 0 Å². The number of amides is 2. The smallest absolute Gasteiger partial charge is 0.361 e. The molecule has 0 fully saturated rings. The lowest BCUT2D eigenvalue weighted by molar-refractivity contribution is -0.124. The fourth-order valence-electron chi connectivity index (χ4n) is 3.44. The number of carbonyl (C=O) groups is 3. The molecule has 3 aromatic rings. The molecule has 0 aliphatic heterocycles. The van der Waals surface area contributed by atoms with Crippen molar-refractivity contribution in [3.05, 3.63) is 59.8 Å². The van der Waals surface area contributed by atoms with Gasteiger partial charge in [0.2, 0.25) is 17.7 Å². The van der Waals surface area contributed by atoms with Crippen LogP contribution in [0.3, 0.4) is 0 Å². The summed E-state index contributed by atoms with van der Waals surface area (Å²) in [6.07, 6.45) is 0. The normalized spacial score (nSPS) is 11.2. The van der Waals surface area contributed by atoms with Crippen LogP contribution in [-0.4, -0.2) is 29.4 Å². The molecule has 0 saturated heterocycles. The van der Waals surface area contributed by atoms with Crippen LogP contribution in [0.5, 0.6) is 0 Å². The molecule has 0 radical (unpaired) electrons. The van der Waals surface area contributed by atoms with E-state index in [1.165, 1.54) is 19.4 Å². The van der Waals surface area contributed by atoms with Crippen LogP contribution in [0.2, 0.25) is 0 Å². The molecule has 3 rings (SSSR count). The number of rotatable bonds is 5. The lowest BCUT2D eigenvalue weighted by atomic mass is 9.87. The van der Waals surface area contributed by atoms with Gasteiger partial charge in [-0.3, -0.25) is 14.5 Å². The Labute approximate surface area is 193 Å². The maximum absolute atomic E-state index is 12.6. The number of hydrogen-bond acceptors (Lipinski definition) is 6. The third kappa shape index (κ3) is 5.19. The van der Waals surface area contributed by atoms with Crippen LogP contribution in [0.15, 0.2) is 52.9 Å². The number of ether oxygens (including phenoxy) is 1. The fourth-order valence-corrected chi connectivity index (χ4v) is 3.44. The van der Waals surface area contributed by atoms with Crippen molar-refractivity contribution in [2.24, 2.45) is 0 Å². The van der Waals surface area contributed by atoms with Crippen molar-refractivity contribution in [2.45, 2.75) is 47.0 Å². The summed E-state index contributed by atoms with van der Waals surface area (Å²) in [6, 6.07) is 14.4. The van der Waals surface area contributed by atoms with Crippen LogP contribution in [-0.2, 0) is 19.7 Å². The second kappa shape index (κ2) is 9.40. The summed E-state index contributed by atoms with van der Waals surface area (Å²) in [7, 11) is 0. The number of imide groups is 1. The van der Waals surface area contributed by atoms with Gasteiger partial charge in [-0.25, -0.2) is 9.78 Å².